The predicted octanol–water partition coefficient (Wildman–Crippen LogP) is 0.711. The van der Waals surface area contributed by atoms with Gasteiger partial charge >= 0.3 is 0 Å². The molecule has 1 aromatic carbocycles. The van der Waals surface area contributed by atoms with Crippen molar-refractivity contribution in [3.8, 4) is 0 Å². The minimum atomic E-state index is -1.30. The van der Waals surface area contributed by atoms with Gasteiger partial charge in [0.2, 0.25) is 0 Å². The molecule has 1 aliphatic heterocycles. The molecule has 96 valence electrons. The van der Waals surface area contributed by atoms with E-state index in [1.54, 1.807) is 10.6 Å². The lowest BCUT2D eigenvalue weighted by atomic mass is 10.00. The normalized spacial score (nSPS) is 14.1. The van der Waals surface area contributed by atoms with Crippen LogP contribution in [0.4, 0.5) is 0 Å². The van der Waals surface area contributed by atoms with Crippen LogP contribution < -0.4 is 10.7 Å². The second-order valence-corrected chi connectivity index (χ2v) is 4.67. The molecule has 2 aromatic rings. The molecule has 0 saturated carbocycles. The zero-order valence-corrected chi connectivity index (χ0v) is 10.3. The summed E-state index contributed by atoms with van der Waals surface area (Å²) in [6.45, 7) is 0.680. The number of carboxylic acids is 1. The van der Waals surface area contributed by atoms with E-state index in [0.29, 0.717) is 12.1 Å². The Kier molecular flexibility index (Phi) is 2.71. The molecule has 0 amide bonds. The molecule has 0 fully saturated rings. The van der Waals surface area contributed by atoms with Gasteiger partial charge in [0.25, 0.3) is 5.56 Å². The van der Waals surface area contributed by atoms with Crippen LogP contribution in [0.25, 0.3) is 17.0 Å². The smallest absolute Gasteiger partial charge is 0.258 e. The van der Waals surface area contributed by atoms with Crippen LogP contribution in [0.2, 0.25) is 0 Å². The second-order valence-electron chi connectivity index (χ2n) is 4.67. The molecule has 0 N–H and O–H groups in total. The summed E-state index contributed by atoms with van der Waals surface area (Å²) in [6.07, 6.45) is 4.11. The first kappa shape index (κ1) is 11.7. The second kappa shape index (κ2) is 4.39. The number of hydrogen-bond donors (Lipinski definition) is 0. The first-order valence-electron chi connectivity index (χ1n) is 6.21. The van der Waals surface area contributed by atoms with E-state index >= 15 is 0 Å². The molecule has 0 aliphatic carbocycles. The lowest BCUT2D eigenvalue weighted by Crippen LogP contribution is -2.26. The molecule has 2 heterocycles. The number of rotatable bonds is 2. The third-order valence-electron chi connectivity index (χ3n) is 3.45. The van der Waals surface area contributed by atoms with Gasteiger partial charge < -0.3 is 14.5 Å². The van der Waals surface area contributed by atoms with Gasteiger partial charge in [0, 0.05) is 12.1 Å². The zero-order chi connectivity index (χ0) is 13.4. The molecule has 0 unspecified atom stereocenters. The highest BCUT2D eigenvalue weighted by molar-refractivity contribution is 5.87. The summed E-state index contributed by atoms with van der Waals surface area (Å²) in [5.41, 5.74) is 2.40. The molecule has 1 aliphatic rings. The Balaban J connectivity index is 2.31. The minimum absolute atomic E-state index is 0.142. The Morgan fingerprint density at radius 2 is 2.21 bits per heavy atom. The van der Waals surface area contributed by atoms with Crippen molar-refractivity contribution >= 4 is 22.9 Å². The largest absolute Gasteiger partial charge is 0.545 e. The molecule has 19 heavy (non-hydrogen) atoms. The Labute approximate surface area is 109 Å². The molecule has 0 radical (unpaired) electrons. The summed E-state index contributed by atoms with van der Waals surface area (Å²) in [4.78, 5) is 22.8. The van der Waals surface area contributed by atoms with E-state index in [2.05, 4.69) is 0 Å². The summed E-state index contributed by atoms with van der Waals surface area (Å²) < 4.78 is 1.74. The van der Waals surface area contributed by atoms with Gasteiger partial charge in [-0.15, -0.1) is 0 Å². The fraction of sp³-hybridized carbons (Fsp3) is 0.200. The van der Waals surface area contributed by atoms with Gasteiger partial charge in [0.15, 0.2) is 0 Å². The van der Waals surface area contributed by atoms with Crippen LogP contribution in [0, 0.1) is 0 Å². The van der Waals surface area contributed by atoms with Gasteiger partial charge in [-0.05, 0) is 42.0 Å². The molecule has 0 spiro atoms. The molecule has 4 heteroatoms. The first-order chi connectivity index (χ1) is 9.16. The van der Waals surface area contributed by atoms with Gasteiger partial charge in [-0.1, -0.05) is 18.2 Å². The predicted molar refractivity (Wildman–Crippen MR) is 70.6 cm³/mol. The lowest BCUT2D eigenvalue weighted by Gasteiger charge is -2.19. The number of carbonyl (C=O) groups excluding carboxylic acids is 1. The fourth-order valence-electron chi connectivity index (χ4n) is 2.66. The molecule has 4 nitrogen and oxygen atoms in total. The van der Waals surface area contributed by atoms with Crippen molar-refractivity contribution in [1.82, 2.24) is 4.57 Å². The standard InChI is InChI=1S/C15H13NO3/c17-13(18)7-6-12-9-11-4-1-3-10-5-2-8-16(14(10)11)15(12)19/h1,3-4,6-7,9H,2,5,8H2,(H,17,18)/p-1/b7-6+. The van der Waals surface area contributed by atoms with Crippen LogP contribution >= 0.6 is 0 Å². The zero-order valence-electron chi connectivity index (χ0n) is 10.3. The lowest BCUT2D eigenvalue weighted by molar-refractivity contribution is -0.297. The van der Waals surface area contributed by atoms with Gasteiger partial charge in [-0.25, -0.2) is 0 Å². The van der Waals surface area contributed by atoms with Crippen LogP contribution in [0.1, 0.15) is 17.5 Å². The molecule has 0 saturated heterocycles. The average molecular weight is 254 g/mol. The van der Waals surface area contributed by atoms with E-state index in [-0.39, 0.29) is 5.56 Å². The SMILES string of the molecule is O=C([O-])/C=C/c1cc2cccc3c2n(c1=O)CCC3. The van der Waals surface area contributed by atoms with E-state index in [1.165, 1.54) is 11.6 Å². The van der Waals surface area contributed by atoms with Gasteiger partial charge in [-0.3, -0.25) is 4.79 Å². The van der Waals surface area contributed by atoms with E-state index < -0.39 is 5.97 Å². The van der Waals surface area contributed by atoms with E-state index in [9.17, 15) is 14.7 Å². The van der Waals surface area contributed by atoms with Crippen molar-refractivity contribution in [2.24, 2.45) is 0 Å². The molecule has 3 rings (SSSR count). The van der Waals surface area contributed by atoms with Crippen molar-refractivity contribution < 1.29 is 9.90 Å². The number of hydrogen-bond acceptors (Lipinski definition) is 3. The van der Waals surface area contributed by atoms with E-state index in [0.717, 1.165) is 29.8 Å². The Hall–Kier alpha value is -2.36. The third-order valence-corrected chi connectivity index (χ3v) is 3.45. The van der Waals surface area contributed by atoms with Crippen LogP contribution in [0.5, 0.6) is 0 Å². The highest BCUT2D eigenvalue weighted by Crippen LogP contribution is 2.24. The Morgan fingerprint density at radius 3 is 3.00 bits per heavy atom. The molecule has 0 bridgehead atoms. The molecular formula is C15H12NO3-. The average Bonchev–Trinajstić information content (AvgIpc) is 2.41. The van der Waals surface area contributed by atoms with Gasteiger partial charge in [0.1, 0.15) is 0 Å². The maximum atomic E-state index is 12.3. The van der Waals surface area contributed by atoms with Crippen molar-refractivity contribution in [1.29, 1.82) is 0 Å². The molecular weight excluding hydrogens is 242 g/mol. The van der Waals surface area contributed by atoms with Crippen molar-refractivity contribution in [2.75, 3.05) is 0 Å². The van der Waals surface area contributed by atoms with Gasteiger partial charge in [-0.2, -0.15) is 0 Å². The monoisotopic (exact) mass is 254 g/mol. The quantitative estimate of drug-likeness (QED) is 0.741. The highest BCUT2D eigenvalue weighted by atomic mass is 16.4. The number of para-hydroxylation sites is 1. The summed E-state index contributed by atoms with van der Waals surface area (Å²) in [5, 5.41) is 11.4. The summed E-state index contributed by atoms with van der Waals surface area (Å²) in [5.74, 6) is -1.30. The Morgan fingerprint density at radius 1 is 1.37 bits per heavy atom. The third kappa shape index (κ3) is 1.95. The number of aliphatic carboxylic acids is 1. The van der Waals surface area contributed by atoms with Crippen molar-refractivity contribution in [2.45, 2.75) is 19.4 Å². The fourth-order valence-corrected chi connectivity index (χ4v) is 2.66. The van der Waals surface area contributed by atoms with Crippen LogP contribution in [0.3, 0.4) is 0 Å². The number of aryl methyl sites for hydroxylation is 2. The summed E-state index contributed by atoms with van der Waals surface area (Å²) in [6, 6.07) is 7.68. The molecule has 1 aromatic heterocycles. The number of carboxylic acid groups (broad SMARTS) is 1. The molecule has 0 atom stereocenters. The first-order valence-corrected chi connectivity index (χ1v) is 6.21. The van der Waals surface area contributed by atoms with Crippen LogP contribution in [0.15, 0.2) is 35.1 Å². The van der Waals surface area contributed by atoms with Gasteiger partial charge in [0.05, 0.1) is 11.5 Å². The van der Waals surface area contributed by atoms with Crippen molar-refractivity contribution in [3.05, 3.63) is 51.8 Å². The number of nitrogens with zero attached hydrogens (tertiary/aromatic N) is 1. The maximum absolute atomic E-state index is 12.3. The van der Waals surface area contributed by atoms with Crippen LogP contribution in [-0.4, -0.2) is 10.5 Å². The maximum Gasteiger partial charge on any atom is 0.258 e. The topological polar surface area (TPSA) is 62.1 Å². The summed E-state index contributed by atoms with van der Waals surface area (Å²) >= 11 is 0. The highest BCUT2D eigenvalue weighted by Gasteiger charge is 2.14. The number of carbonyl (C=O) groups is 1. The summed E-state index contributed by atoms with van der Waals surface area (Å²) in [7, 11) is 0. The number of aromatic nitrogens is 1. The van der Waals surface area contributed by atoms with Crippen molar-refractivity contribution in [3.63, 3.8) is 0 Å². The van der Waals surface area contributed by atoms with E-state index in [1.807, 2.05) is 18.2 Å². The Bertz CT molecular complexity index is 756. The minimum Gasteiger partial charge on any atom is -0.545 e. The number of benzene rings is 1. The number of pyridine rings is 1. The van der Waals surface area contributed by atoms with Crippen LogP contribution in [-0.2, 0) is 17.8 Å². The van der Waals surface area contributed by atoms with E-state index in [4.69, 9.17) is 0 Å².